The highest BCUT2D eigenvalue weighted by molar-refractivity contribution is 7.34. The number of fused-ring (bicyclic) bond motifs is 6. The summed E-state index contributed by atoms with van der Waals surface area (Å²) in [5, 5.41) is 5.06. The van der Waals surface area contributed by atoms with Gasteiger partial charge in [-0.15, -0.1) is 159 Å². The Labute approximate surface area is 679 Å². The molecular formula is C87H74N2O4S14. The molecule has 16 aromatic rings. The number of amides is 4. The van der Waals surface area contributed by atoms with Crippen molar-refractivity contribution in [1.29, 1.82) is 0 Å². The van der Waals surface area contributed by atoms with E-state index in [1.54, 1.807) is 75.1 Å². The second kappa shape index (κ2) is 28.1. The Morgan fingerprint density at radius 2 is 0.551 bits per heavy atom. The zero-order chi connectivity index (χ0) is 74.0. The molecule has 6 nitrogen and oxygen atoms in total. The molecule has 0 unspecified atom stereocenters. The van der Waals surface area contributed by atoms with Gasteiger partial charge in [0.25, 0.3) is 23.6 Å². The van der Waals surface area contributed by atoms with Crippen LogP contribution in [0.2, 0.25) is 0 Å². The largest absolute Gasteiger partial charge is 0.277 e. The Morgan fingerprint density at radius 3 is 0.869 bits per heavy atom. The Hall–Kier alpha value is -6.44. The van der Waals surface area contributed by atoms with Crippen LogP contribution in [0, 0.1) is 43.4 Å². The van der Waals surface area contributed by atoms with E-state index in [-0.39, 0.29) is 29.5 Å². The second-order valence-electron chi connectivity index (χ2n) is 30.3. The van der Waals surface area contributed by atoms with Crippen molar-refractivity contribution in [1.82, 2.24) is 9.80 Å². The lowest BCUT2D eigenvalue weighted by Crippen LogP contribution is -2.33. The summed E-state index contributed by atoms with van der Waals surface area (Å²) in [4.78, 5) is 88.4. The lowest BCUT2D eigenvalue weighted by molar-refractivity contribution is 0.0633. The molecule has 0 saturated carbocycles. The number of thiophene rings is 14. The SMILES string of the molecule is Cc1ccc(-c2sc(-c3ccc(-c4cc5c(-c6ccc(CC(C)C)s6)c6sc(-c7ccc(-c8sc(-c9ccc(-c%10cc%11c(-c%12ccc(CC(C)C)s%12)c%12sc(C)cc%12c(-c%12ccc(CC(C)C)s%12)c%11s%10)s9)c9c8C(=O)N(C)C9=O)s7)cc6c(-c6ccc(CC(C)C)s6)c5s4)s3)c3c2C(=O)N(CC(C)C)C3=O)s1. The molecule has 0 radical (unpaired) electrons. The molecule has 2 aliphatic rings. The van der Waals surface area contributed by atoms with Crippen LogP contribution in [-0.2, 0) is 25.7 Å². The summed E-state index contributed by atoms with van der Waals surface area (Å²) in [5.41, 5.74) is 7.25. The van der Waals surface area contributed by atoms with Crippen LogP contribution in [-0.4, -0.2) is 47.0 Å². The van der Waals surface area contributed by atoms with Gasteiger partial charge >= 0.3 is 0 Å². The summed E-state index contributed by atoms with van der Waals surface area (Å²) >= 11 is 25.1. The van der Waals surface area contributed by atoms with Gasteiger partial charge in [-0.3, -0.25) is 29.0 Å². The van der Waals surface area contributed by atoms with Gasteiger partial charge in [-0.05, 0) is 190 Å². The van der Waals surface area contributed by atoms with E-state index in [0.717, 1.165) is 94.0 Å². The highest BCUT2D eigenvalue weighted by atomic mass is 32.2. The van der Waals surface area contributed by atoms with E-state index in [4.69, 9.17) is 0 Å². The fourth-order valence-electron chi connectivity index (χ4n) is 15.1. The van der Waals surface area contributed by atoms with Crippen LogP contribution >= 0.6 is 159 Å². The van der Waals surface area contributed by atoms with Crippen molar-refractivity contribution >= 4 is 223 Å². The quantitative estimate of drug-likeness (QED) is 0.0672. The van der Waals surface area contributed by atoms with E-state index in [1.807, 2.05) is 90.7 Å². The van der Waals surface area contributed by atoms with E-state index in [0.29, 0.717) is 52.5 Å². The maximum absolute atomic E-state index is 14.7. The summed E-state index contributed by atoms with van der Waals surface area (Å²) < 4.78 is 5.14. The Bertz CT molecular complexity index is 6080. The minimum absolute atomic E-state index is 0.136. The van der Waals surface area contributed by atoms with E-state index < -0.39 is 0 Å². The summed E-state index contributed by atoms with van der Waals surface area (Å²) in [5.74, 6) is 1.37. The van der Waals surface area contributed by atoms with Crippen LogP contribution < -0.4 is 0 Å². The topological polar surface area (TPSA) is 74.8 Å². The predicted octanol–water partition coefficient (Wildman–Crippen LogP) is 30.4. The number of benzene rings is 2. The number of hydrogen-bond donors (Lipinski definition) is 0. The van der Waals surface area contributed by atoms with Gasteiger partial charge in [-0.25, -0.2) is 0 Å². The van der Waals surface area contributed by atoms with Crippen LogP contribution in [0.15, 0.2) is 121 Å². The van der Waals surface area contributed by atoms with Crippen LogP contribution in [0.1, 0.15) is 140 Å². The minimum Gasteiger partial charge on any atom is -0.277 e. The molecule has 16 heterocycles. The average molecular weight is 1660 g/mol. The smallest absolute Gasteiger partial charge is 0.263 e. The van der Waals surface area contributed by atoms with Crippen molar-refractivity contribution in [2.24, 2.45) is 29.6 Å². The molecule has 540 valence electrons. The van der Waals surface area contributed by atoms with Gasteiger partial charge in [0.15, 0.2) is 0 Å². The lowest BCUT2D eigenvalue weighted by Gasteiger charge is -2.17. The van der Waals surface area contributed by atoms with Crippen LogP contribution in [0.4, 0.5) is 0 Å². The fraction of sp³-hybridized carbons (Fsp3) is 0.264. The second-order valence-corrected chi connectivity index (χ2v) is 46.0. The summed E-state index contributed by atoms with van der Waals surface area (Å²) in [6.45, 7) is 27.2. The van der Waals surface area contributed by atoms with Gasteiger partial charge in [0.05, 0.1) is 41.8 Å². The molecule has 2 aliphatic heterocycles. The first-order valence-corrected chi connectivity index (χ1v) is 47.7. The molecule has 0 fully saturated rings. The summed E-state index contributed by atoms with van der Waals surface area (Å²) in [6, 6.07) is 45.9. The molecule has 20 heteroatoms. The number of rotatable bonds is 21. The number of aryl methyl sites for hydroxylation is 2. The minimum atomic E-state index is -0.257. The first-order chi connectivity index (χ1) is 51.5. The van der Waals surface area contributed by atoms with Gasteiger partial charge < -0.3 is 0 Å². The predicted molar refractivity (Wildman–Crippen MR) is 477 cm³/mol. The number of nitrogens with zero attached hydrogens (tertiary/aromatic N) is 2. The van der Waals surface area contributed by atoms with E-state index in [9.17, 15) is 19.2 Å². The van der Waals surface area contributed by atoms with Crippen LogP contribution in [0.25, 0.3) is 150 Å². The summed E-state index contributed by atoms with van der Waals surface area (Å²) in [6.07, 6.45) is 4.10. The van der Waals surface area contributed by atoms with Gasteiger partial charge in [-0.2, -0.15) is 0 Å². The first kappa shape index (κ1) is 72.1. The molecule has 2 aromatic carbocycles. The van der Waals surface area contributed by atoms with Crippen molar-refractivity contribution in [2.75, 3.05) is 13.6 Å². The maximum Gasteiger partial charge on any atom is 0.263 e. The summed E-state index contributed by atoms with van der Waals surface area (Å²) in [7, 11) is 1.63. The van der Waals surface area contributed by atoms with E-state index in [1.165, 1.54) is 121 Å². The van der Waals surface area contributed by atoms with Gasteiger partial charge in [-0.1, -0.05) is 69.2 Å². The zero-order valence-electron chi connectivity index (χ0n) is 61.2. The molecular weight excluding hydrogens is 1590 g/mol. The fourth-order valence-corrected chi connectivity index (χ4v) is 32.5. The highest BCUT2D eigenvalue weighted by Crippen LogP contribution is 2.60. The molecule has 18 rings (SSSR count). The van der Waals surface area contributed by atoms with Crippen molar-refractivity contribution in [3.8, 4) is 110 Å². The van der Waals surface area contributed by atoms with Gasteiger partial charge in [0.1, 0.15) is 0 Å². The third-order valence-corrected chi connectivity index (χ3v) is 36.6. The standard InChI is InChI=1S/C87H74N2O4S14/c1-39(2)30-46-15-20-57(96-46)68-50-34-45(12)95-76(50)69(58-21-16-47(97-58)31-40(3)4)51-35-65(103-77(51)68)54-24-27-62(100-54)81-72-73(85(91)88(13)84(72)90)82(107-81)63-28-25-55(101-63)66-36-52-70(59-22-17-48(98-59)32-41(5)6)79-53(71(78(52)104-66)60-23-18-49(99-60)33-42(7)8)37-67(105-79)56-26-29-64(102-56)83-75-74(80(106-83)61-19-14-44(11)94-61)86(92)89(87(75)93)38-43(9)10/h14-29,34-37,39-43H,30-33,38H2,1-13H3. The molecule has 4 amide bonds. The van der Waals surface area contributed by atoms with Crippen molar-refractivity contribution in [2.45, 2.75) is 109 Å². The third kappa shape index (κ3) is 12.7. The van der Waals surface area contributed by atoms with Crippen molar-refractivity contribution in [3.63, 3.8) is 0 Å². The van der Waals surface area contributed by atoms with Crippen LogP contribution in [0.3, 0.4) is 0 Å². The Morgan fingerprint density at radius 1 is 0.262 bits per heavy atom. The molecule has 0 aliphatic carbocycles. The molecule has 0 N–H and O–H groups in total. The molecule has 0 atom stereocenters. The van der Waals surface area contributed by atoms with Crippen LogP contribution in [0.5, 0.6) is 0 Å². The van der Waals surface area contributed by atoms with Gasteiger partial charge in [0.2, 0.25) is 0 Å². The van der Waals surface area contributed by atoms with E-state index >= 15 is 0 Å². The molecule has 14 aromatic heterocycles. The Balaban J connectivity index is 0.751. The molecule has 0 saturated heterocycles. The Kier molecular flexibility index (Phi) is 18.9. The third-order valence-electron chi connectivity index (χ3n) is 19.6. The number of carbonyl (C=O) groups excluding carboxylic acids is 4. The maximum atomic E-state index is 14.7. The normalized spacial score (nSPS) is 13.6. The average Bonchev–Trinajstić information content (AvgIpc) is 1.37. The van der Waals surface area contributed by atoms with Crippen molar-refractivity contribution < 1.29 is 19.2 Å². The number of imide groups is 2. The monoisotopic (exact) mass is 1660 g/mol. The number of carbonyl (C=O) groups is 4. The zero-order valence-corrected chi connectivity index (χ0v) is 72.6. The molecule has 0 bridgehead atoms. The molecule has 0 spiro atoms. The van der Waals surface area contributed by atoms with E-state index in [2.05, 4.69) is 204 Å². The highest BCUT2D eigenvalue weighted by Gasteiger charge is 2.44. The lowest BCUT2D eigenvalue weighted by atomic mass is 9.99. The molecule has 107 heavy (non-hydrogen) atoms. The first-order valence-electron chi connectivity index (χ1n) is 36.3. The number of hydrogen-bond acceptors (Lipinski definition) is 18. The van der Waals surface area contributed by atoms with Crippen molar-refractivity contribution in [3.05, 3.63) is 173 Å². The van der Waals surface area contributed by atoms with Gasteiger partial charge in [0, 0.05) is 174 Å².